The number of H-pyrrole nitrogens is 1. The molecule has 6 rings (SSSR count). The minimum absolute atomic E-state index is 0.0539. The summed E-state index contributed by atoms with van der Waals surface area (Å²) in [4.78, 5) is 59.8. The number of urea groups is 1. The predicted molar refractivity (Wildman–Crippen MR) is 167 cm³/mol. The third-order valence-corrected chi connectivity index (χ3v) is 8.96. The van der Waals surface area contributed by atoms with Crippen LogP contribution in [-0.2, 0) is 16.0 Å². The molecule has 220 valence electrons. The van der Waals surface area contributed by atoms with Crippen molar-refractivity contribution in [1.82, 2.24) is 15.2 Å². The fraction of sp³-hybridized carbons (Fsp3) is 0.273. The molecule has 1 aromatic heterocycles. The van der Waals surface area contributed by atoms with Gasteiger partial charge in [0.25, 0.3) is 11.8 Å². The third-order valence-electron chi connectivity index (χ3n) is 8.29. The molecule has 3 atom stereocenters. The van der Waals surface area contributed by atoms with Gasteiger partial charge in [0.2, 0.25) is 0 Å². The number of nitrogens with zero attached hydrogens (tertiary/aromatic N) is 2. The van der Waals surface area contributed by atoms with Gasteiger partial charge < -0.3 is 15.4 Å². The summed E-state index contributed by atoms with van der Waals surface area (Å²) in [6, 6.07) is 19.4. The molecule has 0 unspecified atom stereocenters. The van der Waals surface area contributed by atoms with Crippen molar-refractivity contribution in [2.24, 2.45) is 0 Å². The molecular formula is C33H32N4O5S. The number of para-hydroxylation sites is 2. The molecule has 9 nitrogen and oxygen atoms in total. The summed E-state index contributed by atoms with van der Waals surface area (Å²) in [6.45, 7) is 4.24. The van der Waals surface area contributed by atoms with Gasteiger partial charge in [0.15, 0.2) is 0 Å². The molecule has 43 heavy (non-hydrogen) atoms. The van der Waals surface area contributed by atoms with Gasteiger partial charge in [0.1, 0.15) is 18.1 Å². The Balaban J connectivity index is 1.43. The van der Waals surface area contributed by atoms with Crippen LogP contribution in [-0.4, -0.2) is 62.9 Å². The summed E-state index contributed by atoms with van der Waals surface area (Å²) in [5.41, 5.74) is 5.01. The smallest absolute Gasteiger partial charge is 0.332 e. The first-order valence-corrected chi connectivity index (χ1v) is 15.6. The topological polar surface area (TPSA) is 123 Å². The van der Waals surface area contributed by atoms with Crippen molar-refractivity contribution < 1.29 is 24.3 Å². The molecule has 3 aromatic carbocycles. The number of nitrogens with one attached hydrogen (secondary N) is 2. The summed E-state index contributed by atoms with van der Waals surface area (Å²) in [6.07, 6.45) is 2.07. The van der Waals surface area contributed by atoms with Crippen molar-refractivity contribution in [3.05, 3.63) is 101 Å². The molecule has 1 saturated heterocycles. The Morgan fingerprint density at radius 2 is 1.72 bits per heavy atom. The molecule has 4 aromatic rings. The summed E-state index contributed by atoms with van der Waals surface area (Å²) >= 11 is 1.29. The molecular weight excluding hydrogens is 564 g/mol. The number of carboxylic acids is 1. The van der Waals surface area contributed by atoms with E-state index in [1.165, 1.54) is 23.4 Å². The number of aliphatic carboxylic acids is 1. The van der Waals surface area contributed by atoms with Crippen LogP contribution in [0.1, 0.15) is 58.5 Å². The van der Waals surface area contributed by atoms with Gasteiger partial charge in [-0.2, -0.15) is 11.8 Å². The van der Waals surface area contributed by atoms with Gasteiger partial charge in [0.05, 0.1) is 11.3 Å². The molecule has 4 amide bonds. The fourth-order valence-electron chi connectivity index (χ4n) is 6.14. The molecule has 0 radical (unpaired) electrons. The van der Waals surface area contributed by atoms with E-state index in [4.69, 9.17) is 0 Å². The predicted octanol–water partition coefficient (Wildman–Crippen LogP) is 5.32. The monoisotopic (exact) mass is 596 g/mol. The van der Waals surface area contributed by atoms with Crippen molar-refractivity contribution in [3.63, 3.8) is 0 Å². The maximum atomic E-state index is 14.3. The number of anilines is 1. The van der Waals surface area contributed by atoms with Crippen LogP contribution in [0.4, 0.5) is 10.5 Å². The minimum Gasteiger partial charge on any atom is -0.480 e. The molecule has 3 N–H and O–H groups in total. The summed E-state index contributed by atoms with van der Waals surface area (Å²) in [7, 11) is 0. The van der Waals surface area contributed by atoms with E-state index in [1.807, 2.05) is 36.4 Å². The SMILES string of the molecule is CSC[C@H](NC(=O)c1ccccc1N1C(=O)[C@@H]2Cc3c([nH]c4ccccc34)[C@H](c3ccc(C(C)C)cc3)N2C1=O)C(=O)O. The van der Waals surface area contributed by atoms with Gasteiger partial charge in [-0.3, -0.25) is 14.5 Å². The van der Waals surface area contributed by atoms with Crippen LogP contribution in [0, 0.1) is 0 Å². The van der Waals surface area contributed by atoms with Gasteiger partial charge >= 0.3 is 12.0 Å². The van der Waals surface area contributed by atoms with Crippen LogP contribution in [0.3, 0.4) is 0 Å². The van der Waals surface area contributed by atoms with Crippen molar-refractivity contribution in [2.75, 3.05) is 16.9 Å². The Labute approximate surface area is 253 Å². The number of hydrogen-bond donors (Lipinski definition) is 3. The number of carboxylic acid groups (broad SMARTS) is 1. The Bertz CT molecular complexity index is 1750. The van der Waals surface area contributed by atoms with Crippen LogP contribution < -0.4 is 10.2 Å². The standard InChI is InChI=1S/C33H32N4O5S/c1-18(2)19-12-14-20(15-13-19)29-28-23(21-8-4-6-10-24(21)34-28)16-27-31(39)37(33(42)36(27)29)26-11-7-5-9-22(26)30(38)35-25(17-43-3)32(40)41/h4-15,18,25,27,29,34H,16-17H2,1-3H3,(H,35,38)(H,40,41)/t25-,27-,29-/m0/s1. The molecule has 1 fully saturated rings. The van der Waals surface area contributed by atoms with Gasteiger partial charge in [-0.15, -0.1) is 0 Å². The van der Waals surface area contributed by atoms with Crippen LogP contribution in [0.5, 0.6) is 0 Å². The zero-order valence-electron chi connectivity index (χ0n) is 24.0. The molecule has 0 spiro atoms. The highest BCUT2D eigenvalue weighted by Gasteiger charge is 2.53. The van der Waals surface area contributed by atoms with Crippen molar-refractivity contribution >= 4 is 52.2 Å². The van der Waals surface area contributed by atoms with E-state index in [0.29, 0.717) is 12.3 Å². The van der Waals surface area contributed by atoms with E-state index in [-0.39, 0.29) is 17.0 Å². The van der Waals surface area contributed by atoms with Crippen molar-refractivity contribution in [2.45, 2.75) is 44.3 Å². The van der Waals surface area contributed by atoms with E-state index in [1.54, 1.807) is 29.4 Å². The number of benzene rings is 3. The first kappa shape index (κ1) is 28.5. The normalized spacial score (nSPS) is 18.6. The average molecular weight is 597 g/mol. The summed E-state index contributed by atoms with van der Waals surface area (Å²) in [5.74, 6) is -1.75. The molecule has 2 aliphatic heterocycles. The van der Waals surface area contributed by atoms with Gasteiger partial charge in [0, 0.05) is 28.8 Å². The second kappa shape index (κ2) is 11.3. The Morgan fingerprint density at radius 3 is 2.42 bits per heavy atom. The lowest BCUT2D eigenvalue weighted by molar-refractivity contribution is -0.138. The van der Waals surface area contributed by atoms with Crippen LogP contribution in [0.15, 0.2) is 72.8 Å². The first-order chi connectivity index (χ1) is 20.7. The second-order valence-corrected chi connectivity index (χ2v) is 12.1. The lowest BCUT2D eigenvalue weighted by atomic mass is 9.88. The third kappa shape index (κ3) is 4.85. The Morgan fingerprint density at radius 1 is 1.02 bits per heavy atom. The molecule has 2 aliphatic rings. The van der Waals surface area contributed by atoms with Crippen LogP contribution in [0.2, 0.25) is 0 Å². The van der Waals surface area contributed by atoms with E-state index in [2.05, 4.69) is 36.3 Å². The van der Waals surface area contributed by atoms with E-state index >= 15 is 0 Å². The van der Waals surface area contributed by atoms with E-state index in [9.17, 15) is 24.3 Å². The van der Waals surface area contributed by atoms with Crippen molar-refractivity contribution in [1.29, 1.82) is 0 Å². The maximum absolute atomic E-state index is 14.3. The fourth-order valence-corrected chi connectivity index (χ4v) is 6.70. The number of amides is 4. The number of hydrogen-bond acceptors (Lipinski definition) is 5. The Kier molecular flexibility index (Phi) is 7.47. The number of rotatable bonds is 8. The molecule has 3 heterocycles. The number of carbonyl (C=O) groups is 4. The van der Waals surface area contributed by atoms with Crippen LogP contribution >= 0.6 is 11.8 Å². The Hall–Kier alpha value is -4.57. The van der Waals surface area contributed by atoms with Crippen LogP contribution in [0.25, 0.3) is 10.9 Å². The number of carbonyl (C=O) groups excluding carboxylic acids is 3. The highest BCUT2D eigenvalue weighted by atomic mass is 32.2. The zero-order valence-corrected chi connectivity index (χ0v) is 24.9. The van der Waals surface area contributed by atoms with Crippen molar-refractivity contribution in [3.8, 4) is 0 Å². The number of aromatic nitrogens is 1. The molecule has 0 saturated carbocycles. The highest BCUT2D eigenvalue weighted by molar-refractivity contribution is 7.98. The minimum atomic E-state index is -1.16. The molecule has 0 bridgehead atoms. The second-order valence-electron chi connectivity index (χ2n) is 11.2. The highest BCUT2D eigenvalue weighted by Crippen LogP contribution is 2.45. The molecule has 0 aliphatic carbocycles. The zero-order chi connectivity index (χ0) is 30.4. The summed E-state index contributed by atoms with van der Waals surface area (Å²) in [5, 5.41) is 13.1. The number of imide groups is 1. The van der Waals surface area contributed by atoms with E-state index in [0.717, 1.165) is 32.6 Å². The number of aromatic amines is 1. The quantitative estimate of drug-likeness (QED) is 0.237. The lowest BCUT2D eigenvalue weighted by Crippen LogP contribution is -2.44. The number of thioether (sulfide) groups is 1. The van der Waals surface area contributed by atoms with Gasteiger partial charge in [-0.1, -0.05) is 68.4 Å². The van der Waals surface area contributed by atoms with Gasteiger partial charge in [-0.05, 0) is 47.1 Å². The molecule has 10 heteroatoms. The first-order valence-electron chi connectivity index (χ1n) is 14.2. The van der Waals surface area contributed by atoms with E-state index < -0.39 is 41.9 Å². The number of fused-ring (bicyclic) bond motifs is 4. The lowest BCUT2D eigenvalue weighted by Gasteiger charge is -2.36. The van der Waals surface area contributed by atoms with Gasteiger partial charge in [-0.25, -0.2) is 14.5 Å². The largest absolute Gasteiger partial charge is 0.480 e. The average Bonchev–Trinajstić information content (AvgIpc) is 3.49. The summed E-state index contributed by atoms with van der Waals surface area (Å²) < 4.78 is 0. The maximum Gasteiger partial charge on any atom is 0.332 e.